The molecule has 0 unspecified atom stereocenters. The van der Waals surface area contributed by atoms with Crippen LogP contribution in [0.3, 0.4) is 0 Å². The Morgan fingerprint density at radius 3 is 2.80 bits per heavy atom. The number of rotatable bonds is 4. The molecule has 0 saturated carbocycles. The van der Waals surface area contributed by atoms with E-state index in [0.717, 1.165) is 38.5 Å². The van der Waals surface area contributed by atoms with Crippen molar-refractivity contribution in [3.63, 3.8) is 0 Å². The molecule has 0 aliphatic rings. The monoisotopic (exact) mass is 410 g/mol. The molecule has 2 aromatic carbocycles. The van der Waals surface area contributed by atoms with Gasteiger partial charge in [-0.3, -0.25) is 4.98 Å². The second kappa shape index (κ2) is 7.93. The van der Waals surface area contributed by atoms with E-state index in [4.69, 9.17) is 14.5 Å². The minimum Gasteiger partial charge on any atom is -0.454 e. The molecule has 6 heteroatoms. The van der Waals surface area contributed by atoms with Crippen molar-refractivity contribution >= 4 is 34.2 Å². The van der Waals surface area contributed by atoms with Crippen molar-refractivity contribution < 1.29 is 4.42 Å². The highest BCUT2D eigenvalue weighted by molar-refractivity contribution is 7.07. The Labute approximate surface area is 177 Å². The molecule has 0 spiro atoms. The fraction of sp³-hybridized carbons (Fsp3) is 0.0417. The molecule has 5 nitrogen and oxygen atoms in total. The van der Waals surface area contributed by atoms with Crippen molar-refractivity contribution in [1.82, 2.24) is 9.66 Å². The summed E-state index contributed by atoms with van der Waals surface area (Å²) >= 11 is 1.51. The minimum absolute atomic E-state index is 0.738. The molecule has 0 N–H and O–H groups in total. The van der Waals surface area contributed by atoms with Gasteiger partial charge in [-0.25, -0.2) is 9.67 Å². The maximum atomic E-state index is 6.09. The van der Waals surface area contributed by atoms with Crippen LogP contribution in [0.25, 0.3) is 22.4 Å². The van der Waals surface area contributed by atoms with Crippen LogP contribution < -0.4 is 4.80 Å². The number of furan rings is 1. The standard InChI is InChI=1S/C24H18N4OS/c1-17-6-4-7-18(12-17)14-26-28-21(23-13-19-8-2-3-10-22(19)29-23)16-30-24(28)27-20-9-5-11-25-15-20/h2-16H,1H3. The molecule has 30 heavy (non-hydrogen) atoms. The quantitative estimate of drug-likeness (QED) is 0.353. The Balaban J connectivity index is 1.66. The van der Waals surface area contributed by atoms with Crippen molar-refractivity contribution in [3.05, 3.63) is 100 Å². The fourth-order valence-electron chi connectivity index (χ4n) is 3.17. The summed E-state index contributed by atoms with van der Waals surface area (Å²) in [6, 6.07) is 22.0. The first-order chi connectivity index (χ1) is 14.8. The van der Waals surface area contributed by atoms with Gasteiger partial charge in [-0.15, -0.1) is 11.3 Å². The highest BCUT2D eigenvalue weighted by atomic mass is 32.1. The number of aryl methyl sites for hydroxylation is 1. The van der Waals surface area contributed by atoms with Gasteiger partial charge in [-0.05, 0) is 36.8 Å². The lowest BCUT2D eigenvalue weighted by atomic mass is 10.2. The van der Waals surface area contributed by atoms with E-state index in [1.165, 1.54) is 16.9 Å². The zero-order chi connectivity index (χ0) is 20.3. The van der Waals surface area contributed by atoms with E-state index in [0.29, 0.717) is 0 Å². The lowest BCUT2D eigenvalue weighted by Crippen LogP contribution is -2.11. The highest BCUT2D eigenvalue weighted by Gasteiger charge is 2.13. The number of hydrogen-bond donors (Lipinski definition) is 0. The molecule has 0 fully saturated rings. The number of pyridine rings is 1. The minimum atomic E-state index is 0.738. The second-order valence-corrected chi connectivity index (χ2v) is 7.68. The normalized spacial score (nSPS) is 12.2. The fourth-order valence-corrected chi connectivity index (χ4v) is 4.01. The predicted octanol–water partition coefficient (Wildman–Crippen LogP) is 5.78. The van der Waals surface area contributed by atoms with Crippen LogP contribution >= 0.6 is 11.3 Å². The first-order valence-corrected chi connectivity index (χ1v) is 10.4. The second-order valence-electron chi connectivity index (χ2n) is 6.85. The summed E-state index contributed by atoms with van der Waals surface area (Å²) in [4.78, 5) is 9.63. The largest absolute Gasteiger partial charge is 0.454 e. The van der Waals surface area contributed by atoms with Crippen molar-refractivity contribution in [2.24, 2.45) is 10.1 Å². The molecule has 0 amide bonds. The highest BCUT2D eigenvalue weighted by Crippen LogP contribution is 2.28. The van der Waals surface area contributed by atoms with Crippen LogP contribution in [-0.2, 0) is 0 Å². The van der Waals surface area contributed by atoms with E-state index >= 15 is 0 Å². The number of para-hydroxylation sites is 1. The van der Waals surface area contributed by atoms with Gasteiger partial charge in [-0.2, -0.15) is 5.10 Å². The third-order valence-electron chi connectivity index (χ3n) is 4.60. The Bertz CT molecular complexity index is 1380. The topological polar surface area (TPSA) is 55.7 Å². The third-order valence-corrected chi connectivity index (χ3v) is 5.41. The number of benzene rings is 2. The summed E-state index contributed by atoms with van der Waals surface area (Å²) in [5.74, 6) is 0.751. The SMILES string of the molecule is Cc1cccc(C=Nn2c(-c3cc4ccccc4o3)csc2=Nc2cccnc2)c1. The van der Waals surface area contributed by atoms with E-state index < -0.39 is 0 Å². The molecule has 146 valence electrons. The summed E-state index contributed by atoms with van der Waals surface area (Å²) in [7, 11) is 0. The van der Waals surface area contributed by atoms with Crippen LogP contribution in [-0.4, -0.2) is 15.9 Å². The predicted molar refractivity (Wildman–Crippen MR) is 121 cm³/mol. The molecule has 3 heterocycles. The smallest absolute Gasteiger partial charge is 0.211 e. The van der Waals surface area contributed by atoms with Crippen LogP contribution in [0.15, 0.2) is 99.0 Å². The van der Waals surface area contributed by atoms with Gasteiger partial charge in [0.1, 0.15) is 11.3 Å². The van der Waals surface area contributed by atoms with E-state index in [2.05, 4.69) is 24.0 Å². The van der Waals surface area contributed by atoms with E-state index in [1.807, 2.05) is 70.9 Å². The molecule has 0 bridgehead atoms. The lowest BCUT2D eigenvalue weighted by Gasteiger charge is -2.01. The average molecular weight is 411 g/mol. The summed E-state index contributed by atoms with van der Waals surface area (Å²) in [6.07, 6.45) is 5.31. The van der Waals surface area contributed by atoms with Crippen LogP contribution in [0, 0.1) is 6.92 Å². The molecule has 3 aromatic heterocycles. The van der Waals surface area contributed by atoms with E-state index in [1.54, 1.807) is 12.4 Å². The van der Waals surface area contributed by atoms with Gasteiger partial charge in [-0.1, -0.05) is 48.0 Å². The third kappa shape index (κ3) is 3.73. The van der Waals surface area contributed by atoms with Gasteiger partial charge in [0.2, 0.25) is 4.80 Å². The van der Waals surface area contributed by atoms with E-state index in [9.17, 15) is 0 Å². The summed E-state index contributed by atoms with van der Waals surface area (Å²) in [6.45, 7) is 2.07. The van der Waals surface area contributed by atoms with Crippen molar-refractivity contribution in [2.45, 2.75) is 6.92 Å². The number of hydrogen-bond acceptors (Lipinski definition) is 5. The van der Waals surface area contributed by atoms with Crippen molar-refractivity contribution in [2.75, 3.05) is 0 Å². The van der Waals surface area contributed by atoms with Crippen LogP contribution in [0.2, 0.25) is 0 Å². The van der Waals surface area contributed by atoms with E-state index in [-0.39, 0.29) is 0 Å². The molecule has 0 atom stereocenters. The molecule has 0 radical (unpaired) electrons. The number of nitrogens with zero attached hydrogens (tertiary/aromatic N) is 4. The maximum absolute atomic E-state index is 6.09. The van der Waals surface area contributed by atoms with Gasteiger partial charge < -0.3 is 4.42 Å². The first kappa shape index (κ1) is 18.3. The van der Waals surface area contributed by atoms with Crippen molar-refractivity contribution in [3.8, 4) is 11.5 Å². The van der Waals surface area contributed by atoms with Gasteiger partial charge in [0.15, 0.2) is 5.76 Å². The van der Waals surface area contributed by atoms with Crippen molar-refractivity contribution in [1.29, 1.82) is 0 Å². The Kier molecular flexibility index (Phi) is 4.83. The lowest BCUT2D eigenvalue weighted by molar-refractivity contribution is 0.622. The summed E-state index contributed by atoms with van der Waals surface area (Å²) in [5, 5.41) is 7.82. The number of fused-ring (bicyclic) bond motifs is 1. The zero-order valence-electron chi connectivity index (χ0n) is 16.3. The molecule has 5 aromatic rings. The van der Waals surface area contributed by atoms with Crippen LogP contribution in [0.1, 0.15) is 11.1 Å². The average Bonchev–Trinajstić information content (AvgIpc) is 3.37. The Morgan fingerprint density at radius 1 is 1.03 bits per heavy atom. The molecule has 0 aliphatic heterocycles. The van der Waals surface area contributed by atoms with Gasteiger partial charge in [0, 0.05) is 17.0 Å². The molecular formula is C24H18N4OS. The summed E-state index contributed by atoms with van der Waals surface area (Å²) in [5.41, 5.74) is 4.68. The summed E-state index contributed by atoms with van der Waals surface area (Å²) < 4.78 is 7.90. The molecule has 0 aliphatic carbocycles. The van der Waals surface area contributed by atoms with Crippen LogP contribution in [0.5, 0.6) is 0 Å². The number of aromatic nitrogens is 2. The first-order valence-electron chi connectivity index (χ1n) is 9.51. The number of thiazole rings is 1. The zero-order valence-corrected chi connectivity index (χ0v) is 17.1. The molecular weight excluding hydrogens is 392 g/mol. The maximum Gasteiger partial charge on any atom is 0.211 e. The Hall–Kier alpha value is -3.77. The molecule has 5 rings (SSSR count). The van der Waals surface area contributed by atoms with Gasteiger partial charge in [0.05, 0.1) is 18.1 Å². The Morgan fingerprint density at radius 2 is 1.97 bits per heavy atom. The van der Waals surface area contributed by atoms with Gasteiger partial charge >= 0.3 is 0 Å². The van der Waals surface area contributed by atoms with Gasteiger partial charge in [0.25, 0.3) is 0 Å². The molecule has 0 saturated heterocycles. The van der Waals surface area contributed by atoms with Crippen LogP contribution in [0.4, 0.5) is 5.69 Å².